The number of halogens is 1. The Balaban J connectivity index is 2.01. The van der Waals surface area contributed by atoms with Crippen molar-refractivity contribution in [1.29, 1.82) is 0 Å². The van der Waals surface area contributed by atoms with E-state index in [2.05, 4.69) is 35.9 Å². The molecular formula is C12H9BrN4OS. The summed E-state index contributed by atoms with van der Waals surface area (Å²) in [5, 5.41) is 1.29. The van der Waals surface area contributed by atoms with Gasteiger partial charge in [-0.3, -0.25) is 4.79 Å². The second kappa shape index (κ2) is 4.82. The third-order valence-corrected chi connectivity index (χ3v) is 4.46. The molecule has 0 saturated heterocycles. The highest BCUT2D eigenvalue weighted by molar-refractivity contribution is 9.10. The molecule has 0 aliphatic rings. The Labute approximate surface area is 121 Å². The van der Waals surface area contributed by atoms with Crippen LogP contribution in [0.5, 0.6) is 0 Å². The van der Waals surface area contributed by atoms with Crippen molar-refractivity contribution in [3.05, 3.63) is 44.9 Å². The molecule has 0 bridgehead atoms. The van der Waals surface area contributed by atoms with E-state index in [1.807, 2.05) is 25.1 Å². The van der Waals surface area contributed by atoms with E-state index >= 15 is 0 Å². The lowest BCUT2D eigenvalue weighted by atomic mass is 10.2. The maximum atomic E-state index is 11.5. The third-order valence-electron chi connectivity index (χ3n) is 2.57. The van der Waals surface area contributed by atoms with Crippen LogP contribution in [-0.4, -0.2) is 19.9 Å². The minimum Gasteiger partial charge on any atom is -0.333 e. The van der Waals surface area contributed by atoms with Gasteiger partial charge in [0.2, 0.25) is 0 Å². The van der Waals surface area contributed by atoms with Crippen molar-refractivity contribution in [2.45, 2.75) is 17.1 Å². The molecule has 0 amide bonds. The van der Waals surface area contributed by atoms with E-state index in [0.29, 0.717) is 14.7 Å². The second-order valence-electron chi connectivity index (χ2n) is 4.02. The van der Waals surface area contributed by atoms with Crippen molar-refractivity contribution in [2.75, 3.05) is 0 Å². The van der Waals surface area contributed by atoms with E-state index in [0.717, 1.165) is 11.0 Å². The highest BCUT2D eigenvalue weighted by Gasteiger charge is 2.10. The van der Waals surface area contributed by atoms with Crippen LogP contribution < -0.4 is 5.56 Å². The van der Waals surface area contributed by atoms with Crippen LogP contribution in [-0.2, 0) is 0 Å². The molecule has 5 nitrogen and oxygen atoms in total. The average Bonchev–Trinajstić information content (AvgIpc) is 2.76. The first-order valence-electron chi connectivity index (χ1n) is 5.51. The van der Waals surface area contributed by atoms with E-state index in [-0.39, 0.29) is 5.56 Å². The van der Waals surface area contributed by atoms with Crippen molar-refractivity contribution >= 4 is 38.7 Å². The molecule has 96 valence electrons. The van der Waals surface area contributed by atoms with Crippen LogP contribution in [0.3, 0.4) is 0 Å². The van der Waals surface area contributed by atoms with Crippen molar-refractivity contribution in [3.63, 3.8) is 0 Å². The zero-order chi connectivity index (χ0) is 13.4. The fourth-order valence-electron chi connectivity index (χ4n) is 1.68. The minimum absolute atomic E-state index is 0.204. The monoisotopic (exact) mass is 336 g/mol. The number of fused-ring (bicyclic) bond motifs is 1. The number of hydrogen-bond acceptors (Lipinski definition) is 4. The van der Waals surface area contributed by atoms with E-state index in [1.165, 1.54) is 23.7 Å². The lowest BCUT2D eigenvalue weighted by Crippen LogP contribution is -2.07. The smallest absolute Gasteiger partial charge is 0.266 e. The molecule has 1 aromatic carbocycles. The van der Waals surface area contributed by atoms with Crippen LogP contribution in [0.25, 0.3) is 11.0 Å². The van der Waals surface area contributed by atoms with Crippen molar-refractivity contribution < 1.29 is 0 Å². The molecule has 0 aliphatic heterocycles. The fourth-order valence-corrected chi connectivity index (χ4v) is 2.91. The number of hydrogen-bond donors (Lipinski definition) is 2. The summed E-state index contributed by atoms with van der Waals surface area (Å²) in [4.78, 5) is 25.7. The van der Waals surface area contributed by atoms with Gasteiger partial charge in [-0.1, -0.05) is 6.07 Å². The first-order valence-corrected chi connectivity index (χ1v) is 7.12. The Hall–Kier alpha value is -1.60. The first-order chi connectivity index (χ1) is 9.13. The van der Waals surface area contributed by atoms with Gasteiger partial charge in [0.25, 0.3) is 5.56 Å². The van der Waals surface area contributed by atoms with Crippen molar-refractivity contribution in [3.8, 4) is 0 Å². The molecule has 0 fully saturated rings. The number of benzene rings is 1. The topological polar surface area (TPSA) is 74.4 Å². The lowest BCUT2D eigenvalue weighted by molar-refractivity contribution is 0.978. The molecule has 0 unspecified atom stereocenters. The molecule has 0 atom stereocenters. The normalized spacial score (nSPS) is 11.1. The number of imidazole rings is 1. The van der Waals surface area contributed by atoms with Crippen LogP contribution in [0.2, 0.25) is 0 Å². The summed E-state index contributed by atoms with van der Waals surface area (Å²) in [5.74, 6) is 0. The molecule has 19 heavy (non-hydrogen) atoms. The van der Waals surface area contributed by atoms with Gasteiger partial charge in [0.05, 0.1) is 17.4 Å². The number of aromatic nitrogens is 4. The van der Waals surface area contributed by atoms with Crippen LogP contribution >= 0.6 is 27.7 Å². The maximum absolute atomic E-state index is 11.5. The highest BCUT2D eigenvalue weighted by Crippen LogP contribution is 2.29. The summed E-state index contributed by atoms with van der Waals surface area (Å²) >= 11 is 4.54. The molecule has 0 aliphatic carbocycles. The van der Waals surface area contributed by atoms with Crippen LogP contribution in [0.15, 0.2) is 44.0 Å². The van der Waals surface area contributed by atoms with Gasteiger partial charge in [-0.05, 0) is 52.3 Å². The molecule has 0 saturated carbocycles. The van der Waals surface area contributed by atoms with Crippen LogP contribution in [0.1, 0.15) is 5.56 Å². The highest BCUT2D eigenvalue weighted by atomic mass is 79.9. The Morgan fingerprint density at radius 3 is 3.05 bits per heavy atom. The number of aryl methyl sites for hydroxylation is 1. The van der Waals surface area contributed by atoms with Gasteiger partial charge in [0.1, 0.15) is 9.50 Å². The van der Waals surface area contributed by atoms with Gasteiger partial charge < -0.3 is 9.97 Å². The quantitative estimate of drug-likeness (QED) is 0.705. The zero-order valence-electron chi connectivity index (χ0n) is 9.90. The summed E-state index contributed by atoms with van der Waals surface area (Å²) in [6.45, 7) is 2.03. The summed E-state index contributed by atoms with van der Waals surface area (Å²) in [6, 6.07) is 6.01. The number of nitrogens with one attached hydrogen (secondary N) is 2. The summed E-state index contributed by atoms with van der Waals surface area (Å²) < 4.78 is 0.414. The molecule has 2 N–H and O–H groups in total. The molecule has 0 radical (unpaired) electrons. The Morgan fingerprint density at radius 1 is 1.37 bits per heavy atom. The van der Waals surface area contributed by atoms with Gasteiger partial charge in [0, 0.05) is 0 Å². The largest absolute Gasteiger partial charge is 0.333 e. The van der Waals surface area contributed by atoms with Crippen LogP contribution in [0.4, 0.5) is 0 Å². The number of H-pyrrole nitrogens is 2. The third kappa shape index (κ3) is 2.43. The van der Waals surface area contributed by atoms with Gasteiger partial charge in [-0.25, -0.2) is 9.97 Å². The molecule has 2 heterocycles. The minimum atomic E-state index is -0.204. The van der Waals surface area contributed by atoms with E-state index in [9.17, 15) is 4.79 Å². The van der Waals surface area contributed by atoms with Gasteiger partial charge in [0.15, 0.2) is 5.16 Å². The SMILES string of the molecule is Cc1ccc2nc(Sc3nc[nH]c(=O)c3Br)[nH]c2c1. The van der Waals surface area contributed by atoms with E-state index in [4.69, 9.17) is 0 Å². The average molecular weight is 337 g/mol. The maximum Gasteiger partial charge on any atom is 0.266 e. The Kier molecular flexibility index (Phi) is 3.16. The number of nitrogens with zero attached hydrogens (tertiary/aromatic N) is 2. The Morgan fingerprint density at radius 2 is 2.21 bits per heavy atom. The zero-order valence-corrected chi connectivity index (χ0v) is 12.3. The molecule has 0 spiro atoms. The van der Waals surface area contributed by atoms with Crippen LogP contribution in [0, 0.1) is 6.92 Å². The molecule has 3 rings (SSSR count). The standard InChI is InChI=1S/C12H9BrN4OS/c1-6-2-3-7-8(4-6)17-12(16-7)19-11-9(13)10(18)14-5-15-11/h2-5H,1H3,(H,16,17)(H,14,15,18). The summed E-state index contributed by atoms with van der Waals surface area (Å²) in [5.41, 5.74) is 2.84. The second-order valence-corrected chi connectivity index (χ2v) is 5.79. The first kappa shape index (κ1) is 12.4. The summed E-state index contributed by atoms with van der Waals surface area (Å²) in [6.07, 6.45) is 1.38. The number of rotatable bonds is 2. The predicted molar refractivity (Wildman–Crippen MR) is 77.5 cm³/mol. The summed E-state index contributed by atoms with van der Waals surface area (Å²) in [7, 11) is 0. The van der Waals surface area contributed by atoms with Crippen molar-refractivity contribution in [1.82, 2.24) is 19.9 Å². The lowest BCUT2D eigenvalue weighted by Gasteiger charge is -1.98. The number of aromatic amines is 2. The van der Waals surface area contributed by atoms with Gasteiger partial charge in [-0.2, -0.15) is 0 Å². The van der Waals surface area contributed by atoms with E-state index in [1.54, 1.807) is 0 Å². The van der Waals surface area contributed by atoms with Gasteiger partial charge in [-0.15, -0.1) is 0 Å². The molecular weight excluding hydrogens is 328 g/mol. The fraction of sp³-hybridized carbons (Fsp3) is 0.0833. The Bertz CT molecular complexity index is 811. The van der Waals surface area contributed by atoms with E-state index < -0.39 is 0 Å². The van der Waals surface area contributed by atoms with Crippen molar-refractivity contribution in [2.24, 2.45) is 0 Å². The molecule has 3 aromatic rings. The molecule has 2 aromatic heterocycles. The van der Waals surface area contributed by atoms with Gasteiger partial charge >= 0.3 is 0 Å². The molecule has 7 heteroatoms. The predicted octanol–water partition coefficient (Wildman–Crippen LogP) is 2.87.